The molecule has 4 heterocycles. The Hall–Kier alpha value is -3.63. The van der Waals surface area contributed by atoms with Crippen LogP contribution in [-0.4, -0.2) is 34.1 Å². The lowest BCUT2D eigenvalue weighted by molar-refractivity contribution is 0.0558. The summed E-state index contributed by atoms with van der Waals surface area (Å²) in [6, 6.07) is 5.25. The zero-order valence-electron chi connectivity index (χ0n) is 15.1. The topological polar surface area (TPSA) is 112 Å². The Morgan fingerprint density at radius 2 is 1.96 bits per heavy atom. The summed E-state index contributed by atoms with van der Waals surface area (Å²) in [4.78, 5) is 16.8. The molecule has 0 aliphatic heterocycles. The van der Waals surface area contributed by atoms with Gasteiger partial charge in [0.25, 0.3) is 0 Å². The molecular formula is C17H17F2N9. The van der Waals surface area contributed by atoms with E-state index in [1.54, 1.807) is 26.4 Å². The summed E-state index contributed by atoms with van der Waals surface area (Å²) in [6.45, 7) is 0.854. The molecule has 9 nitrogen and oxygen atoms in total. The van der Waals surface area contributed by atoms with E-state index in [4.69, 9.17) is 5.73 Å². The lowest BCUT2D eigenvalue weighted by atomic mass is 10.0. The molecule has 4 rings (SSSR count). The number of hydrogen-bond acceptors (Lipinski definition) is 7. The van der Waals surface area contributed by atoms with Gasteiger partial charge < -0.3 is 15.5 Å². The maximum atomic E-state index is 12.8. The van der Waals surface area contributed by atoms with Gasteiger partial charge >= 0.3 is 6.55 Å². The van der Waals surface area contributed by atoms with Crippen LogP contribution in [0.1, 0.15) is 26.1 Å². The van der Waals surface area contributed by atoms with Gasteiger partial charge in [-0.2, -0.15) is 28.8 Å². The van der Waals surface area contributed by atoms with Crippen molar-refractivity contribution in [3.05, 3.63) is 48.8 Å². The highest BCUT2D eigenvalue weighted by atomic mass is 19.3. The fourth-order valence-corrected chi connectivity index (χ4v) is 2.75. The van der Waals surface area contributed by atoms with Gasteiger partial charge in [0.15, 0.2) is 5.82 Å². The molecule has 144 valence electrons. The van der Waals surface area contributed by atoms with Crippen LogP contribution >= 0.6 is 0 Å². The van der Waals surface area contributed by atoms with Gasteiger partial charge in [0.1, 0.15) is 0 Å². The Balaban J connectivity index is 1.66. The van der Waals surface area contributed by atoms with Crippen molar-refractivity contribution >= 4 is 17.4 Å². The molecule has 0 radical (unpaired) electrons. The van der Waals surface area contributed by atoms with Crippen LogP contribution in [0.4, 0.5) is 20.7 Å². The SMILES string of the molecule is CC(C)(Nc1nc(N)nc(-c2ccc3cncn3c2)n1)c1ccn(C(F)F)n1. The molecule has 0 atom stereocenters. The first-order valence-corrected chi connectivity index (χ1v) is 8.37. The molecule has 0 saturated carbocycles. The number of nitrogens with one attached hydrogen (secondary N) is 1. The minimum Gasteiger partial charge on any atom is -0.368 e. The van der Waals surface area contributed by atoms with E-state index in [0.29, 0.717) is 16.2 Å². The highest BCUT2D eigenvalue weighted by Crippen LogP contribution is 2.25. The number of nitrogens with zero attached hydrogens (tertiary/aromatic N) is 7. The Morgan fingerprint density at radius 3 is 2.71 bits per heavy atom. The molecule has 3 N–H and O–H groups in total. The first-order valence-electron chi connectivity index (χ1n) is 8.37. The van der Waals surface area contributed by atoms with E-state index in [9.17, 15) is 8.78 Å². The van der Waals surface area contributed by atoms with E-state index in [1.165, 1.54) is 12.3 Å². The second kappa shape index (κ2) is 6.51. The second-order valence-electron chi connectivity index (χ2n) is 6.69. The zero-order chi connectivity index (χ0) is 19.9. The maximum Gasteiger partial charge on any atom is 0.333 e. The first kappa shape index (κ1) is 17.8. The Kier molecular flexibility index (Phi) is 4.13. The number of anilines is 2. The number of nitrogens with two attached hydrogens (primary N) is 1. The molecule has 4 aromatic heterocycles. The Labute approximate surface area is 158 Å². The molecule has 4 aromatic rings. The molecule has 0 amide bonds. The van der Waals surface area contributed by atoms with Crippen LogP contribution in [0.2, 0.25) is 0 Å². The number of halogens is 2. The third-order valence-electron chi connectivity index (χ3n) is 4.19. The van der Waals surface area contributed by atoms with Crippen molar-refractivity contribution in [1.82, 2.24) is 34.1 Å². The van der Waals surface area contributed by atoms with Crippen LogP contribution in [0.25, 0.3) is 16.9 Å². The molecule has 0 fully saturated rings. The fraction of sp³-hybridized carbons (Fsp3) is 0.235. The number of fused-ring (bicyclic) bond motifs is 1. The summed E-state index contributed by atoms with van der Waals surface area (Å²) in [7, 11) is 0. The van der Waals surface area contributed by atoms with Crippen molar-refractivity contribution in [2.75, 3.05) is 11.1 Å². The first-order chi connectivity index (χ1) is 13.3. The van der Waals surface area contributed by atoms with Gasteiger partial charge in [-0.05, 0) is 32.0 Å². The van der Waals surface area contributed by atoms with E-state index in [-0.39, 0.29) is 11.9 Å². The maximum absolute atomic E-state index is 12.8. The number of aromatic nitrogens is 7. The molecule has 0 spiro atoms. The van der Waals surface area contributed by atoms with Gasteiger partial charge in [-0.1, -0.05) is 0 Å². The van der Waals surface area contributed by atoms with Crippen molar-refractivity contribution in [2.24, 2.45) is 0 Å². The number of imidazole rings is 1. The molecule has 0 bridgehead atoms. The summed E-state index contributed by atoms with van der Waals surface area (Å²) in [5, 5.41) is 6.99. The molecule has 11 heteroatoms. The normalized spacial score (nSPS) is 12.0. The highest BCUT2D eigenvalue weighted by molar-refractivity contribution is 5.61. The summed E-state index contributed by atoms with van der Waals surface area (Å²) < 4.78 is 28.0. The predicted molar refractivity (Wildman–Crippen MR) is 98.6 cm³/mol. The van der Waals surface area contributed by atoms with E-state index < -0.39 is 12.1 Å². The van der Waals surface area contributed by atoms with Crippen molar-refractivity contribution < 1.29 is 8.78 Å². The quantitative estimate of drug-likeness (QED) is 0.543. The highest BCUT2D eigenvalue weighted by Gasteiger charge is 2.26. The average Bonchev–Trinajstić information content (AvgIpc) is 3.30. The third-order valence-corrected chi connectivity index (χ3v) is 4.19. The van der Waals surface area contributed by atoms with Crippen LogP contribution in [0.5, 0.6) is 0 Å². The minimum absolute atomic E-state index is 0.0344. The monoisotopic (exact) mass is 385 g/mol. The van der Waals surface area contributed by atoms with Crippen LogP contribution in [0.15, 0.2) is 43.1 Å². The average molecular weight is 385 g/mol. The van der Waals surface area contributed by atoms with Gasteiger partial charge in [0.05, 0.1) is 29.3 Å². The van der Waals surface area contributed by atoms with E-state index in [0.717, 1.165) is 11.1 Å². The van der Waals surface area contributed by atoms with Crippen molar-refractivity contribution in [1.29, 1.82) is 0 Å². The second-order valence-corrected chi connectivity index (χ2v) is 6.69. The molecule has 0 unspecified atom stereocenters. The number of nitrogen functional groups attached to an aromatic ring is 1. The molecule has 0 aliphatic rings. The molecule has 0 aliphatic carbocycles. The van der Waals surface area contributed by atoms with Crippen LogP contribution in [0.3, 0.4) is 0 Å². The minimum atomic E-state index is -2.71. The lowest BCUT2D eigenvalue weighted by Gasteiger charge is -2.24. The summed E-state index contributed by atoms with van der Waals surface area (Å²) in [6.07, 6.45) is 6.46. The van der Waals surface area contributed by atoms with Crippen LogP contribution < -0.4 is 11.1 Å². The number of rotatable bonds is 5. The standard InChI is InChI=1S/C17H17F2N9/c1-17(2,12-5-6-28(26-12)14(18)19)25-16-23-13(22-15(20)24-16)10-3-4-11-7-21-9-27(11)8-10/h3-9,14H,1-2H3,(H3,20,22,23,24,25). The largest absolute Gasteiger partial charge is 0.368 e. The van der Waals surface area contributed by atoms with Crippen molar-refractivity contribution in [3.8, 4) is 11.4 Å². The van der Waals surface area contributed by atoms with E-state index >= 15 is 0 Å². The van der Waals surface area contributed by atoms with Crippen LogP contribution in [-0.2, 0) is 5.54 Å². The molecule has 28 heavy (non-hydrogen) atoms. The van der Waals surface area contributed by atoms with E-state index in [2.05, 4.69) is 30.4 Å². The zero-order valence-corrected chi connectivity index (χ0v) is 15.1. The van der Waals surface area contributed by atoms with Gasteiger partial charge in [-0.3, -0.25) is 0 Å². The number of pyridine rings is 1. The molecular weight excluding hydrogens is 368 g/mol. The smallest absolute Gasteiger partial charge is 0.333 e. The van der Waals surface area contributed by atoms with Gasteiger partial charge in [-0.25, -0.2) is 9.67 Å². The van der Waals surface area contributed by atoms with Crippen molar-refractivity contribution in [3.63, 3.8) is 0 Å². The fourth-order valence-electron chi connectivity index (χ4n) is 2.75. The molecule has 0 saturated heterocycles. The third kappa shape index (κ3) is 3.33. The van der Waals surface area contributed by atoms with Crippen molar-refractivity contribution in [2.45, 2.75) is 25.9 Å². The molecule has 0 aromatic carbocycles. The number of hydrogen-bond donors (Lipinski definition) is 2. The lowest BCUT2D eigenvalue weighted by Crippen LogP contribution is -2.30. The van der Waals surface area contributed by atoms with Crippen LogP contribution in [0, 0.1) is 0 Å². The van der Waals surface area contributed by atoms with Gasteiger partial charge in [0, 0.05) is 18.0 Å². The number of alkyl halides is 2. The van der Waals surface area contributed by atoms with Gasteiger partial charge in [-0.15, -0.1) is 0 Å². The Bertz CT molecular complexity index is 1130. The summed E-state index contributed by atoms with van der Waals surface area (Å²) in [5.41, 5.74) is 7.10. The summed E-state index contributed by atoms with van der Waals surface area (Å²) in [5.74, 6) is 0.622. The van der Waals surface area contributed by atoms with E-state index in [1.807, 2.05) is 22.7 Å². The Morgan fingerprint density at radius 1 is 1.14 bits per heavy atom. The predicted octanol–water partition coefficient (Wildman–Crippen LogP) is 2.71. The van der Waals surface area contributed by atoms with Gasteiger partial charge in [0.2, 0.25) is 11.9 Å². The summed E-state index contributed by atoms with van der Waals surface area (Å²) >= 11 is 0.